The van der Waals surface area contributed by atoms with Crippen LogP contribution in [0.2, 0.25) is 0 Å². The highest BCUT2D eigenvalue weighted by molar-refractivity contribution is 14.1. The minimum Gasteiger partial charge on any atom is -0.490 e. The van der Waals surface area contributed by atoms with Crippen molar-refractivity contribution in [1.29, 1.82) is 0 Å². The number of halogens is 1. The molecule has 1 heterocycles. The third kappa shape index (κ3) is 10.5. The average Bonchev–Trinajstić information content (AvgIpc) is 3.22. The molecule has 2 rings (SSSR count). The van der Waals surface area contributed by atoms with Crippen LogP contribution in [0.15, 0.2) is 47.1 Å². The molecule has 0 fully saturated rings. The third-order valence-electron chi connectivity index (χ3n) is 3.16. The minimum absolute atomic E-state index is 0.214. The van der Waals surface area contributed by atoms with Crippen LogP contribution in [0, 0.1) is 3.57 Å². The molecular formula is C18H21IN2O8. The first kappa shape index (κ1) is 24.4. The first-order valence-electron chi connectivity index (χ1n) is 8.35. The van der Waals surface area contributed by atoms with Gasteiger partial charge in [-0.25, -0.2) is 9.59 Å². The topological polar surface area (TPSA) is 158 Å². The van der Waals surface area contributed by atoms with E-state index in [0.29, 0.717) is 19.6 Å². The average molecular weight is 520 g/mol. The van der Waals surface area contributed by atoms with E-state index in [1.54, 1.807) is 12.1 Å². The van der Waals surface area contributed by atoms with E-state index >= 15 is 0 Å². The fourth-order valence-corrected chi connectivity index (χ4v) is 2.38. The molecule has 29 heavy (non-hydrogen) atoms. The zero-order valence-electron chi connectivity index (χ0n) is 15.2. The molecule has 158 valence electrons. The maximum Gasteiger partial charge on any atom is 0.414 e. The molecule has 1 aromatic heterocycles. The number of hydrogen-bond acceptors (Lipinski definition) is 7. The van der Waals surface area contributed by atoms with E-state index in [4.69, 9.17) is 29.0 Å². The van der Waals surface area contributed by atoms with Gasteiger partial charge in [0.1, 0.15) is 18.5 Å². The van der Waals surface area contributed by atoms with E-state index in [-0.39, 0.29) is 18.3 Å². The summed E-state index contributed by atoms with van der Waals surface area (Å²) in [4.78, 5) is 29.8. The molecule has 10 nitrogen and oxygen atoms in total. The highest BCUT2D eigenvalue weighted by atomic mass is 127. The van der Waals surface area contributed by atoms with Crippen LogP contribution in [0.4, 0.5) is 0 Å². The van der Waals surface area contributed by atoms with Gasteiger partial charge in [-0.1, -0.05) is 12.1 Å². The second-order valence-electron chi connectivity index (χ2n) is 5.44. The molecule has 0 bridgehead atoms. The summed E-state index contributed by atoms with van der Waals surface area (Å²) in [6.07, 6.45) is 0.837. The van der Waals surface area contributed by atoms with Crippen LogP contribution in [0.5, 0.6) is 5.75 Å². The van der Waals surface area contributed by atoms with Gasteiger partial charge >= 0.3 is 11.9 Å². The Morgan fingerprint density at radius 1 is 1.07 bits per heavy atom. The summed E-state index contributed by atoms with van der Waals surface area (Å²) in [5, 5.41) is 30.4. The van der Waals surface area contributed by atoms with Crippen molar-refractivity contribution < 1.29 is 38.9 Å². The number of rotatable bonds is 9. The van der Waals surface area contributed by atoms with Gasteiger partial charge in [0.05, 0.1) is 9.83 Å². The number of benzene rings is 1. The summed E-state index contributed by atoms with van der Waals surface area (Å²) in [6, 6.07) is 10.9. The zero-order valence-corrected chi connectivity index (χ0v) is 17.4. The van der Waals surface area contributed by atoms with E-state index in [2.05, 4.69) is 33.2 Å². The van der Waals surface area contributed by atoms with Crippen molar-refractivity contribution in [3.63, 3.8) is 0 Å². The van der Waals surface area contributed by atoms with Crippen LogP contribution >= 0.6 is 22.6 Å². The van der Waals surface area contributed by atoms with Gasteiger partial charge in [0.2, 0.25) is 0 Å². The Bertz CT molecular complexity index is 770. The number of amides is 1. The fraction of sp³-hybridized carbons (Fsp3) is 0.278. The highest BCUT2D eigenvalue weighted by Gasteiger charge is 2.08. The van der Waals surface area contributed by atoms with Crippen LogP contribution in [-0.2, 0) is 9.59 Å². The van der Waals surface area contributed by atoms with Crippen molar-refractivity contribution in [2.24, 2.45) is 0 Å². The van der Waals surface area contributed by atoms with Gasteiger partial charge in [-0.3, -0.25) is 4.79 Å². The molecule has 0 aliphatic heterocycles. The molecule has 0 aliphatic carbocycles. The number of aliphatic hydroxyl groups is 1. The summed E-state index contributed by atoms with van der Waals surface area (Å²) < 4.78 is 11.6. The summed E-state index contributed by atoms with van der Waals surface area (Å²) in [7, 11) is 0. The number of carbonyl (C=O) groups excluding carboxylic acids is 1. The van der Waals surface area contributed by atoms with E-state index in [0.717, 1.165) is 9.32 Å². The van der Waals surface area contributed by atoms with Crippen LogP contribution in [0.1, 0.15) is 10.6 Å². The summed E-state index contributed by atoms with van der Waals surface area (Å²) in [5.41, 5.74) is 0. The predicted molar refractivity (Wildman–Crippen MR) is 110 cm³/mol. The molecule has 1 amide bonds. The molecular weight excluding hydrogens is 499 g/mol. The minimum atomic E-state index is -1.82. The molecule has 5 N–H and O–H groups in total. The Labute approximate surface area is 180 Å². The Hall–Kier alpha value is -2.64. The van der Waals surface area contributed by atoms with Crippen molar-refractivity contribution >= 4 is 40.4 Å². The molecule has 2 aromatic rings. The van der Waals surface area contributed by atoms with Crippen molar-refractivity contribution in [3.8, 4) is 5.75 Å². The monoisotopic (exact) mass is 520 g/mol. The summed E-state index contributed by atoms with van der Waals surface area (Å²) >= 11 is 2.19. The Balaban J connectivity index is 0.000000612. The first-order chi connectivity index (χ1) is 13.8. The number of carboxylic acid groups (broad SMARTS) is 2. The van der Waals surface area contributed by atoms with Crippen LogP contribution < -0.4 is 15.4 Å². The van der Waals surface area contributed by atoms with E-state index in [1.165, 1.54) is 6.26 Å². The number of ether oxygens (including phenoxy) is 1. The first-order valence-corrected chi connectivity index (χ1v) is 9.43. The molecule has 0 saturated carbocycles. The number of aliphatic carboxylic acids is 2. The molecule has 1 aromatic carbocycles. The SMILES string of the molecule is O=C(NCCNCC(O)COc1ccccc1I)c1ccco1.O=C(O)C(=O)O. The summed E-state index contributed by atoms with van der Waals surface area (Å²) in [5.74, 6) is -2.85. The van der Waals surface area contributed by atoms with Crippen LogP contribution in [0.3, 0.4) is 0 Å². The van der Waals surface area contributed by atoms with Gasteiger partial charge in [-0.15, -0.1) is 0 Å². The van der Waals surface area contributed by atoms with E-state index in [1.807, 2.05) is 24.3 Å². The van der Waals surface area contributed by atoms with Crippen molar-refractivity contribution in [2.75, 3.05) is 26.2 Å². The zero-order chi connectivity index (χ0) is 21.6. The second kappa shape index (κ2) is 13.5. The standard InChI is InChI=1S/C16H19IN2O4.C2H2O4/c17-13-4-1-2-5-14(13)23-11-12(20)10-18-7-8-19-16(21)15-6-3-9-22-15;3-1(4)2(5)6/h1-6,9,12,18,20H,7-8,10-11H2,(H,19,21);(H,3,4)(H,5,6). The number of hydrogen-bond donors (Lipinski definition) is 5. The number of furan rings is 1. The number of para-hydroxylation sites is 1. The van der Waals surface area contributed by atoms with Gasteiger partial charge in [-0.05, 0) is 46.9 Å². The number of carboxylic acids is 2. The van der Waals surface area contributed by atoms with E-state index in [9.17, 15) is 9.90 Å². The van der Waals surface area contributed by atoms with Gasteiger partial charge in [0.25, 0.3) is 5.91 Å². The van der Waals surface area contributed by atoms with Crippen LogP contribution in [-0.4, -0.2) is 65.5 Å². The normalized spacial score (nSPS) is 11.0. The molecule has 0 spiro atoms. The quantitative estimate of drug-likeness (QED) is 0.183. The molecule has 0 saturated heterocycles. The van der Waals surface area contributed by atoms with Crippen molar-refractivity contribution in [1.82, 2.24) is 10.6 Å². The van der Waals surface area contributed by atoms with E-state index < -0.39 is 18.0 Å². The maximum atomic E-state index is 11.6. The van der Waals surface area contributed by atoms with Gasteiger partial charge in [0, 0.05) is 19.6 Å². The largest absolute Gasteiger partial charge is 0.490 e. The Morgan fingerprint density at radius 2 is 1.76 bits per heavy atom. The van der Waals surface area contributed by atoms with Gasteiger partial charge < -0.3 is 35.1 Å². The fourth-order valence-electron chi connectivity index (χ4n) is 1.83. The third-order valence-corrected chi connectivity index (χ3v) is 4.05. The molecule has 1 atom stereocenters. The molecule has 0 aliphatic rings. The highest BCUT2D eigenvalue weighted by Crippen LogP contribution is 2.19. The second-order valence-corrected chi connectivity index (χ2v) is 6.61. The van der Waals surface area contributed by atoms with Crippen molar-refractivity contribution in [3.05, 3.63) is 52.0 Å². The maximum absolute atomic E-state index is 11.6. The lowest BCUT2D eigenvalue weighted by Gasteiger charge is -2.14. The lowest BCUT2D eigenvalue weighted by Crippen LogP contribution is -2.37. The number of carbonyl (C=O) groups is 3. The Kier molecular flexibility index (Phi) is 11.4. The predicted octanol–water partition coefficient (Wildman–Crippen LogP) is 0.799. The van der Waals surface area contributed by atoms with Gasteiger partial charge in [-0.2, -0.15) is 0 Å². The lowest BCUT2D eigenvalue weighted by atomic mass is 10.3. The number of aliphatic hydroxyl groups excluding tert-OH is 1. The molecule has 11 heteroatoms. The Morgan fingerprint density at radius 3 is 2.34 bits per heavy atom. The lowest BCUT2D eigenvalue weighted by molar-refractivity contribution is -0.159. The number of nitrogens with one attached hydrogen (secondary N) is 2. The van der Waals surface area contributed by atoms with Crippen molar-refractivity contribution in [2.45, 2.75) is 6.10 Å². The molecule has 0 radical (unpaired) electrons. The molecule has 1 unspecified atom stereocenters. The van der Waals surface area contributed by atoms with Crippen LogP contribution in [0.25, 0.3) is 0 Å². The smallest absolute Gasteiger partial charge is 0.414 e. The summed E-state index contributed by atoms with van der Waals surface area (Å²) in [6.45, 7) is 1.60. The van der Waals surface area contributed by atoms with Gasteiger partial charge in [0.15, 0.2) is 5.76 Å².